The van der Waals surface area contributed by atoms with Crippen LogP contribution >= 0.6 is 0 Å². The Morgan fingerprint density at radius 3 is 2.88 bits per heavy atom. The minimum Gasteiger partial charge on any atom is -0.397 e. The van der Waals surface area contributed by atoms with Crippen LogP contribution in [0.5, 0.6) is 0 Å². The number of carbonyl (C=O) groups excluding carboxylic acids is 1. The molecule has 17 heavy (non-hydrogen) atoms. The standard InChI is InChI=1S/C11H13N5O/c1-16-7-10(6-14-16)15-11(17)4-9-3-2-8(12)5-13-9/h2-3,5-7H,4,12H2,1H3,(H,15,17). The zero-order valence-electron chi connectivity index (χ0n) is 9.42. The maximum atomic E-state index is 11.7. The molecule has 1 amide bonds. The molecule has 0 saturated heterocycles. The number of carbonyl (C=O) groups is 1. The number of nitrogens with one attached hydrogen (secondary N) is 1. The molecular weight excluding hydrogens is 218 g/mol. The molecule has 0 aliphatic rings. The van der Waals surface area contributed by atoms with Gasteiger partial charge in [0.05, 0.1) is 30.2 Å². The molecule has 2 heterocycles. The normalized spacial score (nSPS) is 10.2. The van der Waals surface area contributed by atoms with Gasteiger partial charge in [0.1, 0.15) is 0 Å². The number of nitrogen functional groups attached to an aromatic ring is 1. The summed E-state index contributed by atoms with van der Waals surface area (Å²) in [5, 5.41) is 6.69. The number of pyridine rings is 1. The van der Waals surface area contributed by atoms with Crippen molar-refractivity contribution < 1.29 is 4.79 Å². The van der Waals surface area contributed by atoms with Crippen molar-refractivity contribution in [2.24, 2.45) is 7.05 Å². The number of anilines is 2. The first-order valence-electron chi connectivity index (χ1n) is 5.12. The van der Waals surface area contributed by atoms with E-state index in [1.807, 2.05) is 0 Å². The largest absolute Gasteiger partial charge is 0.397 e. The molecule has 0 spiro atoms. The Labute approximate surface area is 98.5 Å². The second-order valence-electron chi connectivity index (χ2n) is 3.71. The van der Waals surface area contributed by atoms with Crippen molar-refractivity contribution in [2.75, 3.05) is 11.1 Å². The summed E-state index contributed by atoms with van der Waals surface area (Å²) in [6.07, 6.45) is 5.07. The van der Waals surface area contributed by atoms with Crippen molar-refractivity contribution in [1.82, 2.24) is 14.8 Å². The average molecular weight is 231 g/mol. The number of amides is 1. The van der Waals surface area contributed by atoms with E-state index in [0.717, 1.165) is 0 Å². The third kappa shape index (κ3) is 3.04. The van der Waals surface area contributed by atoms with Gasteiger partial charge in [0.2, 0.25) is 5.91 Å². The predicted octanol–water partition coefficient (Wildman–Crippen LogP) is 0.579. The molecule has 2 aromatic heterocycles. The number of nitrogens with zero attached hydrogens (tertiary/aromatic N) is 3. The number of hydrogen-bond acceptors (Lipinski definition) is 4. The molecule has 0 fully saturated rings. The van der Waals surface area contributed by atoms with Gasteiger partial charge in [-0.3, -0.25) is 14.5 Å². The molecule has 0 aliphatic carbocycles. The van der Waals surface area contributed by atoms with Crippen LogP contribution in [-0.2, 0) is 18.3 Å². The molecule has 3 N–H and O–H groups in total. The minimum absolute atomic E-state index is 0.129. The van der Waals surface area contributed by atoms with E-state index in [-0.39, 0.29) is 12.3 Å². The van der Waals surface area contributed by atoms with Crippen molar-refractivity contribution in [2.45, 2.75) is 6.42 Å². The van der Waals surface area contributed by atoms with Gasteiger partial charge in [-0.05, 0) is 12.1 Å². The van der Waals surface area contributed by atoms with Crippen LogP contribution in [0.2, 0.25) is 0 Å². The van der Waals surface area contributed by atoms with Crippen molar-refractivity contribution >= 4 is 17.3 Å². The van der Waals surface area contributed by atoms with Crippen LogP contribution in [0.15, 0.2) is 30.7 Å². The lowest BCUT2D eigenvalue weighted by atomic mass is 10.2. The van der Waals surface area contributed by atoms with Crippen molar-refractivity contribution in [3.05, 3.63) is 36.4 Å². The van der Waals surface area contributed by atoms with Gasteiger partial charge in [-0.2, -0.15) is 5.10 Å². The molecule has 6 nitrogen and oxygen atoms in total. The van der Waals surface area contributed by atoms with E-state index in [0.29, 0.717) is 17.1 Å². The van der Waals surface area contributed by atoms with E-state index in [1.165, 1.54) is 6.20 Å². The Balaban J connectivity index is 1.95. The number of nitrogens with two attached hydrogens (primary N) is 1. The maximum Gasteiger partial charge on any atom is 0.230 e. The lowest BCUT2D eigenvalue weighted by Gasteiger charge is -2.02. The van der Waals surface area contributed by atoms with Crippen LogP contribution in [-0.4, -0.2) is 20.7 Å². The number of aryl methyl sites for hydroxylation is 1. The van der Waals surface area contributed by atoms with E-state index in [2.05, 4.69) is 15.4 Å². The highest BCUT2D eigenvalue weighted by Crippen LogP contribution is 2.06. The summed E-state index contributed by atoms with van der Waals surface area (Å²) < 4.78 is 1.62. The monoisotopic (exact) mass is 231 g/mol. The Morgan fingerprint density at radius 1 is 1.47 bits per heavy atom. The predicted molar refractivity (Wildman–Crippen MR) is 64.2 cm³/mol. The summed E-state index contributed by atoms with van der Waals surface area (Å²) in [6, 6.07) is 3.46. The van der Waals surface area contributed by atoms with Crippen LogP contribution < -0.4 is 11.1 Å². The highest BCUT2D eigenvalue weighted by atomic mass is 16.1. The number of rotatable bonds is 3. The molecular formula is C11H13N5O. The summed E-state index contributed by atoms with van der Waals surface area (Å²) in [4.78, 5) is 15.7. The molecule has 0 radical (unpaired) electrons. The maximum absolute atomic E-state index is 11.7. The third-order valence-corrected chi connectivity index (χ3v) is 2.18. The van der Waals surface area contributed by atoms with Crippen LogP contribution in [0.3, 0.4) is 0 Å². The first kappa shape index (κ1) is 11.1. The van der Waals surface area contributed by atoms with Gasteiger partial charge in [0.15, 0.2) is 0 Å². The molecule has 2 rings (SSSR count). The van der Waals surface area contributed by atoms with E-state index in [9.17, 15) is 4.79 Å². The number of hydrogen-bond donors (Lipinski definition) is 2. The molecule has 6 heteroatoms. The van der Waals surface area contributed by atoms with Gasteiger partial charge in [0.25, 0.3) is 0 Å². The first-order valence-corrected chi connectivity index (χ1v) is 5.12. The van der Waals surface area contributed by atoms with E-state index in [1.54, 1.807) is 36.3 Å². The summed E-state index contributed by atoms with van der Waals surface area (Å²) in [5.74, 6) is -0.129. The molecule has 0 atom stereocenters. The van der Waals surface area contributed by atoms with Gasteiger partial charge in [0, 0.05) is 18.9 Å². The minimum atomic E-state index is -0.129. The Morgan fingerprint density at radius 2 is 2.29 bits per heavy atom. The summed E-state index contributed by atoms with van der Waals surface area (Å²) in [6.45, 7) is 0. The molecule has 0 aromatic carbocycles. The van der Waals surface area contributed by atoms with Gasteiger partial charge >= 0.3 is 0 Å². The zero-order chi connectivity index (χ0) is 12.3. The Kier molecular flexibility index (Phi) is 3.04. The van der Waals surface area contributed by atoms with E-state index in [4.69, 9.17) is 5.73 Å². The smallest absolute Gasteiger partial charge is 0.230 e. The topological polar surface area (TPSA) is 85.8 Å². The fraction of sp³-hybridized carbons (Fsp3) is 0.182. The van der Waals surface area contributed by atoms with Gasteiger partial charge in [-0.25, -0.2) is 0 Å². The fourth-order valence-corrected chi connectivity index (χ4v) is 1.40. The van der Waals surface area contributed by atoms with E-state index >= 15 is 0 Å². The first-order chi connectivity index (χ1) is 8.13. The van der Waals surface area contributed by atoms with Crippen LogP contribution in [0.25, 0.3) is 0 Å². The summed E-state index contributed by atoms with van der Waals surface area (Å²) in [5.41, 5.74) is 7.45. The lowest BCUT2D eigenvalue weighted by Crippen LogP contribution is -2.14. The quantitative estimate of drug-likeness (QED) is 0.809. The van der Waals surface area contributed by atoms with Crippen LogP contribution in [0.1, 0.15) is 5.69 Å². The summed E-state index contributed by atoms with van der Waals surface area (Å²) >= 11 is 0. The third-order valence-electron chi connectivity index (χ3n) is 2.18. The Hall–Kier alpha value is -2.37. The van der Waals surface area contributed by atoms with Gasteiger partial charge in [-0.1, -0.05) is 0 Å². The zero-order valence-corrected chi connectivity index (χ0v) is 9.42. The van der Waals surface area contributed by atoms with Crippen molar-refractivity contribution in [3.63, 3.8) is 0 Å². The van der Waals surface area contributed by atoms with E-state index < -0.39 is 0 Å². The number of aromatic nitrogens is 3. The fourth-order valence-electron chi connectivity index (χ4n) is 1.40. The van der Waals surface area contributed by atoms with Crippen molar-refractivity contribution in [3.8, 4) is 0 Å². The summed E-state index contributed by atoms with van der Waals surface area (Å²) in [7, 11) is 1.79. The lowest BCUT2D eigenvalue weighted by molar-refractivity contribution is -0.115. The second kappa shape index (κ2) is 4.65. The van der Waals surface area contributed by atoms with Gasteiger partial charge < -0.3 is 11.1 Å². The molecule has 2 aromatic rings. The molecule has 88 valence electrons. The average Bonchev–Trinajstić information content (AvgIpc) is 2.67. The highest BCUT2D eigenvalue weighted by Gasteiger charge is 2.06. The van der Waals surface area contributed by atoms with Crippen molar-refractivity contribution in [1.29, 1.82) is 0 Å². The highest BCUT2D eigenvalue weighted by molar-refractivity contribution is 5.91. The molecule has 0 aliphatic heterocycles. The SMILES string of the molecule is Cn1cc(NC(=O)Cc2ccc(N)cn2)cn1. The van der Waals surface area contributed by atoms with Crippen LogP contribution in [0.4, 0.5) is 11.4 Å². The van der Waals surface area contributed by atoms with Gasteiger partial charge in [-0.15, -0.1) is 0 Å². The molecule has 0 bridgehead atoms. The second-order valence-corrected chi connectivity index (χ2v) is 3.71. The molecule has 0 saturated carbocycles. The Bertz CT molecular complexity index is 517. The van der Waals surface area contributed by atoms with Crippen LogP contribution in [0, 0.1) is 0 Å². The molecule has 0 unspecified atom stereocenters.